The van der Waals surface area contributed by atoms with Gasteiger partial charge in [0.15, 0.2) is 11.3 Å². The van der Waals surface area contributed by atoms with Gasteiger partial charge in [-0.3, -0.25) is 0 Å². The summed E-state index contributed by atoms with van der Waals surface area (Å²) in [4.78, 5) is 1.66. The molecule has 3 nitrogen and oxygen atoms in total. The Kier molecular flexibility index (Phi) is 4.68. The van der Waals surface area contributed by atoms with Crippen molar-refractivity contribution in [2.24, 2.45) is 0 Å². The van der Waals surface area contributed by atoms with Crippen LogP contribution in [0, 0.1) is 0 Å². The Labute approximate surface area is 172 Å². The van der Waals surface area contributed by atoms with Crippen LogP contribution in [-0.2, 0) is 5.41 Å². The second kappa shape index (κ2) is 6.97. The zero-order chi connectivity index (χ0) is 21.7. The third kappa shape index (κ3) is 3.58. The van der Waals surface area contributed by atoms with Crippen molar-refractivity contribution >= 4 is 33.3 Å². The van der Waals surface area contributed by atoms with Gasteiger partial charge in [0.25, 0.3) is 0 Å². The summed E-state index contributed by atoms with van der Waals surface area (Å²) in [6.45, 7) is 6.35. The molecular weight excluding hydrogens is 391 g/mol. The van der Waals surface area contributed by atoms with E-state index >= 15 is 0 Å². The molecule has 0 aliphatic heterocycles. The van der Waals surface area contributed by atoms with Crippen molar-refractivity contribution in [3.05, 3.63) is 66.2 Å². The van der Waals surface area contributed by atoms with E-state index in [2.05, 4.69) is 25.5 Å². The Morgan fingerprint density at radius 2 is 1.37 bits per heavy atom. The zero-order valence-electron chi connectivity index (χ0n) is 17.2. The molecule has 4 rings (SSSR count). The zero-order valence-corrected chi connectivity index (χ0v) is 17.2. The van der Waals surface area contributed by atoms with Crippen LogP contribution in [0.25, 0.3) is 21.9 Å². The summed E-state index contributed by atoms with van der Waals surface area (Å²) in [6, 6.07) is 17.8. The summed E-state index contributed by atoms with van der Waals surface area (Å²) < 4.78 is 49.2. The van der Waals surface area contributed by atoms with Crippen molar-refractivity contribution in [3.63, 3.8) is 0 Å². The number of rotatable bonds is 3. The molecule has 0 saturated carbocycles. The molecule has 0 atom stereocenters. The first-order chi connectivity index (χ1) is 14.1. The van der Waals surface area contributed by atoms with E-state index in [9.17, 15) is 13.2 Å². The summed E-state index contributed by atoms with van der Waals surface area (Å²) in [7, 11) is 1.70. The minimum absolute atomic E-state index is 0.118. The molecule has 0 N–H and O–H groups in total. The second-order valence-electron chi connectivity index (χ2n) is 8.26. The minimum atomic E-state index is -4.77. The van der Waals surface area contributed by atoms with Crippen LogP contribution < -0.4 is 9.64 Å². The third-order valence-corrected chi connectivity index (χ3v) is 5.13. The molecule has 0 amide bonds. The van der Waals surface area contributed by atoms with Gasteiger partial charge in [0, 0.05) is 23.4 Å². The highest BCUT2D eigenvalue weighted by Gasteiger charge is 2.33. The molecule has 1 heterocycles. The van der Waals surface area contributed by atoms with Gasteiger partial charge in [-0.1, -0.05) is 63.2 Å². The van der Waals surface area contributed by atoms with Gasteiger partial charge in [-0.05, 0) is 23.6 Å². The standard InChI is InChI=1S/C24H22F3NO2/c1-23(2,3)17-11-7-9-15-16-10-8-13-19(22(16)29-21(15)17)28(4)18-12-5-6-14-20(18)30-24(25,26)27/h5-14H,1-4H3. The van der Waals surface area contributed by atoms with Crippen LogP contribution in [-0.4, -0.2) is 13.4 Å². The van der Waals surface area contributed by atoms with E-state index in [4.69, 9.17) is 4.42 Å². The SMILES string of the molecule is CN(c1ccccc1OC(F)(F)F)c1cccc2c1oc1c(C(C)(C)C)cccc12. The van der Waals surface area contributed by atoms with Gasteiger partial charge < -0.3 is 14.1 Å². The summed E-state index contributed by atoms with van der Waals surface area (Å²) in [5, 5.41) is 1.89. The molecular formula is C24H22F3NO2. The predicted molar refractivity (Wildman–Crippen MR) is 114 cm³/mol. The highest BCUT2D eigenvalue weighted by molar-refractivity contribution is 6.10. The summed E-state index contributed by atoms with van der Waals surface area (Å²) in [5.74, 6) is -0.268. The number of hydrogen-bond donors (Lipinski definition) is 0. The van der Waals surface area contributed by atoms with Crippen LogP contribution in [0.15, 0.2) is 65.1 Å². The van der Waals surface area contributed by atoms with E-state index in [-0.39, 0.29) is 11.2 Å². The number of anilines is 2. The van der Waals surface area contributed by atoms with Crippen molar-refractivity contribution in [3.8, 4) is 5.75 Å². The fourth-order valence-corrected chi connectivity index (χ4v) is 3.74. The molecule has 0 aliphatic rings. The quantitative estimate of drug-likeness (QED) is 0.347. The average molecular weight is 413 g/mol. The highest BCUT2D eigenvalue weighted by Crippen LogP contribution is 2.42. The number of fused-ring (bicyclic) bond motifs is 3. The Balaban J connectivity index is 1.91. The van der Waals surface area contributed by atoms with E-state index in [1.165, 1.54) is 12.1 Å². The Bertz CT molecular complexity index is 1220. The van der Waals surface area contributed by atoms with Crippen LogP contribution in [0.1, 0.15) is 26.3 Å². The number of ether oxygens (including phenoxy) is 1. The molecule has 0 radical (unpaired) electrons. The van der Waals surface area contributed by atoms with Gasteiger partial charge in [-0.15, -0.1) is 13.2 Å². The topological polar surface area (TPSA) is 25.6 Å². The normalized spacial score (nSPS) is 12.5. The summed E-state index contributed by atoms with van der Waals surface area (Å²) in [5.41, 5.74) is 3.31. The maximum absolute atomic E-state index is 12.9. The molecule has 1 aromatic heterocycles. The number of halogens is 3. The van der Waals surface area contributed by atoms with Gasteiger partial charge >= 0.3 is 6.36 Å². The van der Waals surface area contributed by atoms with E-state index in [0.29, 0.717) is 17.0 Å². The van der Waals surface area contributed by atoms with Crippen LogP contribution in [0.5, 0.6) is 5.75 Å². The second-order valence-corrected chi connectivity index (χ2v) is 8.26. The maximum atomic E-state index is 12.9. The number of furan rings is 1. The Morgan fingerprint density at radius 3 is 2.03 bits per heavy atom. The molecule has 0 spiro atoms. The van der Waals surface area contributed by atoms with Crippen molar-refractivity contribution in [1.82, 2.24) is 0 Å². The van der Waals surface area contributed by atoms with E-state index in [1.807, 2.05) is 36.4 Å². The van der Waals surface area contributed by atoms with Crippen LogP contribution in [0.3, 0.4) is 0 Å². The largest absolute Gasteiger partial charge is 0.573 e. The van der Waals surface area contributed by atoms with E-state index < -0.39 is 6.36 Å². The Morgan fingerprint density at radius 1 is 0.767 bits per heavy atom. The van der Waals surface area contributed by atoms with Crippen molar-refractivity contribution < 1.29 is 22.3 Å². The molecule has 4 aromatic rings. The summed E-state index contributed by atoms with van der Waals surface area (Å²) >= 11 is 0. The molecule has 156 valence electrons. The molecule has 0 aliphatic carbocycles. The lowest BCUT2D eigenvalue weighted by Gasteiger charge is -2.23. The first-order valence-corrected chi connectivity index (χ1v) is 9.59. The average Bonchev–Trinajstić information content (AvgIpc) is 3.04. The van der Waals surface area contributed by atoms with Crippen molar-refractivity contribution in [2.75, 3.05) is 11.9 Å². The lowest BCUT2D eigenvalue weighted by Crippen LogP contribution is -2.19. The molecule has 0 fully saturated rings. The first-order valence-electron chi connectivity index (χ1n) is 9.59. The van der Waals surface area contributed by atoms with E-state index in [0.717, 1.165) is 21.9 Å². The fraction of sp³-hybridized carbons (Fsp3) is 0.250. The van der Waals surface area contributed by atoms with Crippen molar-refractivity contribution in [2.45, 2.75) is 32.5 Å². The maximum Gasteiger partial charge on any atom is 0.573 e. The van der Waals surface area contributed by atoms with Gasteiger partial charge in [-0.25, -0.2) is 0 Å². The Hall–Kier alpha value is -3.15. The fourth-order valence-electron chi connectivity index (χ4n) is 3.74. The third-order valence-electron chi connectivity index (χ3n) is 5.13. The molecule has 6 heteroatoms. The number of nitrogens with zero attached hydrogens (tertiary/aromatic N) is 1. The molecule has 3 aromatic carbocycles. The number of para-hydroxylation sites is 4. The van der Waals surface area contributed by atoms with Crippen LogP contribution >= 0.6 is 0 Å². The molecule has 0 unspecified atom stereocenters. The predicted octanol–water partition coefficient (Wildman–Crippen LogP) is 7.55. The first kappa shape index (κ1) is 20.1. The van der Waals surface area contributed by atoms with Gasteiger partial charge in [0.05, 0.1) is 11.4 Å². The minimum Gasteiger partial charge on any atom is -0.454 e. The molecule has 30 heavy (non-hydrogen) atoms. The molecule has 0 saturated heterocycles. The van der Waals surface area contributed by atoms with Gasteiger partial charge in [-0.2, -0.15) is 0 Å². The number of benzene rings is 3. The van der Waals surface area contributed by atoms with E-state index in [1.54, 1.807) is 24.1 Å². The lowest BCUT2D eigenvalue weighted by molar-refractivity contribution is -0.274. The van der Waals surface area contributed by atoms with Crippen molar-refractivity contribution in [1.29, 1.82) is 0 Å². The van der Waals surface area contributed by atoms with Gasteiger partial charge in [0.1, 0.15) is 5.58 Å². The highest BCUT2D eigenvalue weighted by atomic mass is 19.4. The van der Waals surface area contributed by atoms with Crippen LogP contribution in [0.2, 0.25) is 0 Å². The molecule has 0 bridgehead atoms. The monoisotopic (exact) mass is 413 g/mol. The number of alkyl halides is 3. The lowest BCUT2D eigenvalue weighted by atomic mass is 9.86. The smallest absolute Gasteiger partial charge is 0.454 e. The summed E-state index contributed by atoms with van der Waals surface area (Å²) in [6.07, 6.45) is -4.77. The number of hydrogen-bond acceptors (Lipinski definition) is 3. The van der Waals surface area contributed by atoms with Gasteiger partial charge in [0.2, 0.25) is 0 Å². The van der Waals surface area contributed by atoms with Crippen LogP contribution in [0.4, 0.5) is 24.5 Å².